The van der Waals surface area contributed by atoms with Crippen LogP contribution in [0.5, 0.6) is 5.75 Å². The Morgan fingerprint density at radius 1 is 1.13 bits per heavy atom. The third-order valence-electron chi connectivity index (χ3n) is 4.46. The number of hydrogen-bond donors (Lipinski definition) is 1. The van der Waals surface area contributed by atoms with E-state index >= 15 is 0 Å². The van der Waals surface area contributed by atoms with Crippen molar-refractivity contribution in [3.8, 4) is 5.75 Å². The van der Waals surface area contributed by atoms with Crippen molar-refractivity contribution < 1.29 is 9.53 Å². The van der Waals surface area contributed by atoms with Crippen molar-refractivity contribution in [2.45, 2.75) is 32.1 Å². The van der Waals surface area contributed by atoms with Gasteiger partial charge < -0.3 is 14.6 Å². The Morgan fingerprint density at radius 3 is 2.52 bits per heavy atom. The maximum atomic E-state index is 12.7. The Labute approximate surface area is 135 Å². The summed E-state index contributed by atoms with van der Waals surface area (Å²) in [6, 6.07) is 5.21. The highest BCUT2D eigenvalue weighted by Gasteiger charge is 2.20. The summed E-state index contributed by atoms with van der Waals surface area (Å²) < 4.78 is 5.16. The highest BCUT2D eigenvalue weighted by Crippen LogP contribution is 2.18. The molecule has 1 aliphatic rings. The number of ether oxygens (including phenoxy) is 1. The van der Waals surface area contributed by atoms with E-state index in [0.717, 1.165) is 38.8 Å². The molecular weight excluding hydrogens is 292 g/mol. The molecule has 0 atom stereocenters. The molecule has 5 nitrogen and oxygen atoms in total. The second-order valence-corrected chi connectivity index (χ2v) is 6.00. The lowest BCUT2D eigenvalue weighted by Gasteiger charge is -2.24. The third kappa shape index (κ3) is 3.23. The van der Waals surface area contributed by atoms with Gasteiger partial charge in [0.05, 0.1) is 12.6 Å². The van der Waals surface area contributed by atoms with Crippen molar-refractivity contribution >= 4 is 16.8 Å². The summed E-state index contributed by atoms with van der Waals surface area (Å²) >= 11 is 0. The average molecular weight is 314 g/mol. The predicted molar refractivity (Wildman–Crippen MR) is 90.1 cm³/mol. The molecule has 1 amide bonds. The molecule has 0 spiro atoms. The Morgan fingerprint density at radius 2 is 1.83 bits per heavy atom. The molecule has 122 valence electrons. The van der Waals surface area contributed by atoms with Crippen LogP contribution in [0.25, 0.3) is 10.9 Å². The van der Waals surface area contributed by atoms with Crippen molar-refractivity contribution in [2.24, 2.45) is 0 Å². The van der Waals surface area contributed by atoms with E-state index < -0.39 is 0 Å². The summed E-state index contributed by atoms with van der Waals surface area (Å²) in [7, 11) is 1.58. The number of fused-ring (bicyclic) bond motifs is 1. The van der Waals surface area contributed by atoms with Crippen LogP contribution >= 0.6 is 0 Å². The molecular formula is C18H22N2O3. The molecule has 1 aromatic heterocycles. The van der Waals surface area contributed by atoms with Crippen LogP contribution in [0.4, 0.5) is 0 Å². The van der Waals surface area contributed by atoms with Crippen molar-refractivity contribution in [1.82, 2.24) is 9.88 Å². The number of aromatic amines is 1. The van der Waals surface area contributed by atoms with Gasteiger partial charge in [0.25, 0.3) is 5.91 Å². The van der Waals surface area contributed by atoms with Gasteiger partial charge in [0.2, 0.25) is 5.43 Å². The normalized spacial score (nSPS) is 16.0. The molecule has 1 N–H and O–H groups in total. The zero-order chi connectivity index (χ0) is 16.2. The van der Waals surface area contributed by atoms with Gasteiger partial charge in [-0.3, -0.25) is 9.59 Å². The van der Waals surface area contributed by atoms with Crippen LogP contribution in [0, 0.1) is 0 Å². The predicted octanol–water partition coefficient (Wildman–Crippen LogP) is 2.94. The van der Waals surface area contributed by atoms with Gasteiger partial charge in [0.15, 0.2) is 0 Å². The first-order valence-electron chi connectivity index (χ1n) is 8.19. The number of carbonyl (C=O) groups excluding carboxylic acids is 1. The zero-order valence-corrected chi connectivity index (χ0v) is 13.4. The minimum absolute atomic E-state index is 0.161. The summed E-state index contributed by atoms with van der Waals surface area (Å²) in [5.41, 5.74) is 0.690. The van der Waals surface area contributed by atoms with Crippen LogP contribution in [0.2, 0.25) is 0 Å². The Hall–Kier alpha value is -2.30. The van der Waals surface area contributed by atoms with Gasteiger partial charge in [-0.15, -0.1) is 0 Å². The number of H-pyrrole nitrogens is 1. The van der Waals surface area contributed by atoms with E-state index in [1.54, 1.807) is 25.3 Å². The first kappa shape index (κ1) is 15.6. The number of nitrogens with one attached hydrogen (secondary N) is 1. The lowest BCUT2D eigenvalue weighted by atomic mass is 10.1. The number of aromatic nitrogens is 1. The Bertz CT molecular complexity index is 758. The molecule has 3 rings (SSSR count). The smallest absolute Gasteiger partial charge is 0.259 e. The number of carbonyl (C=O) groups is 1. The van der Waals surface area contributed by atoms with Crippen LogP contribution in [0.1, 0.15) is 42.5 Å². The molecule has 0 saturated carbocycles. The van der Waals surface area contributed by atoms with Gasteiger partial charge in [0, 0.05) is 30.7 Å². The third-order valence-corrected chi connectivity index (χ3v) is 4.46. The molecule has 0 radical (unpaired) electrons. The topological polar surface area (TPSA) is 62.4 Å². The first-order valence-corrected chi connectivity index (χ1v) is 8.19. The molecule has 0 bridgehead atoms. The lowest BCUT2D eigenvalue weighted by molar-refractivity contribution is 0.0741. The number of hydrogen-bond acceptors (Lipinski definition) is 3. The molecule has 2 heterocycles. The molecule has 1 aliphatic heterocycles. The summed E-state index contributed by atoms with van der Waals surface area (Å²) in [6.07, 6.45) is 7.09. The molecule has 5 heteroatoms. The molecule has 1 saturated heterocycles. The van der Waals surface area contributed by atoms with Gasteiger partial charge in [-0.1, -0.05) is 19.3 Å². The van der Waals surface area contributed by atoms with E-state index in [9.17, 15) is 9.59 Å². The minimum Gasteiger partial charge on any atom is -0.497 e. The fraction of sp³-hybridized carbons (Fsp3) is 0.444. The Balaban J connectivity index is 1.94. The summed E-state index contributed by atoms with van der Waals surface area (Å²) in [4.78, 5) is 30.3. The van der Waals surface area contributed by atoms with Crippen LogP contribution < -0.4 is 10.2 Å². The number of rotatable bonds is 2. The quantitative estimate of drug-likeness (QED) is 0.927. The number of benzene rings is 1. The van der Waals surface area contributed by atoms with E-state index in [-0.39, 0.29) is 16.9 Å². The number of likely N-dealkylation sites (tertiary alicyclic amines) is 1. The maximum absolute atomic E-state index is 12.7. The molecule has 1 aromatic carbocycles. The molecule has 2 aromatic rings. The fourth-order valence-corrected chi connectivity index (χ4v) is 3.11. The standard InChI is InChI=1S/C18H22N2O3/c1-23-13-7-8-14-16(11-13)19-12-15(17(14)21)18(22)20-9-5-3-2-4-6-10-20/h7-8,11-12H,2-6,9-10H2,1H3,(H,19,21). The van der Waals surface area contributed by atoms with Crippen LogP contribution in [-0.2, 0) is 0 Å². The zero-order valence-electron chi connectivity index (χ0n) is 13.4. The van der Waals surface area contributed by atoms with Gasteiger partial charge in [0.1, 0.15) is 11.3 Å². The minimum atomic E-state index is -0.214. The van der Waals surface area contributed by atoms with E-state index in [4.69, 9.17) is 4.74 Å². The second-order valence-electron chi connectivity index (χ2n) is 6.00. The van der Waals surface area contributed by atoms with Crippen molar-refractivity contribution in [2.75, 3.05) is 20.2 Å². The fourth-order valence-electron chi connectivity index (χ4n) is 3.11. The van der Waals surface area contributed by atoms with Gasteiger partial charge in [-0.2, -0.15) is 0 Å². The molecule has 0 unspecified atom stereocenters. The number of nitrogens with zero attached hydrogens (tertiary/aromatic N) is 1. The summed E-state index contributed by atoms with van der Waals surface area (Å²) in [5, 5.41) is 0.517. The summed E-state index contributed by atoms with van der Waals surface area (Å²) in [5.74, 6) is 0.516. The summed E-state index contributed by atoms with van der Waals surface area (Å²) in [6.45, 7) is 1.47. The van der Waals surface area contributed by atoms with E-state index in [0.29, 0.717) is 16.7 Å². The Kier molecular flexibility index (Phi) is 4.65. The van der Waals surface area contributed by atoms with Crippen molar-refractivity contribution in [3.05, 3.63) is 40.2 Å². The average Bonchev–Trinajstić information content (AvgIpc) is 2.54. The SMILES string of the molecule is COc1ccc2c(=O)c(C(=O)N3CCCCCCC3)c[nH]c2c1. The molecule has 23 heavy (non-hydrogen) atoms. The number of pyridine rings is 1. The van der Waals surface area contributed by atoms with Gasteiger partial charge in [-0.05, 0) is 25.0 Å². The van der Waals surface area contributed by atoms with Crippen LogP contribution in [0.15, 0.2) is 29.2 Å². The monoisotopic (exact) mass is 314 g/mol. The highest BCUT2D eigenvalue weighted by atomic mass is 16.5. The van der Waals surface area contributed by atoms with E-state index in [1.807, 2.05) is 4.90 Å². The van der Waals surface area contributed by atoms with E-state index in [2.05, 4.69) is 4.98 Å². The molecule has 0 aliphatic carbocycles. The van der Waals surface area contributed by atoms with Crippen molar-refractivity contribution in [1.29, 1.82) is 0 Å². The number of amides is 1. The second kappa shape index (κ2) is 6.86. The van der Waals surface area contributed by atoms with Gasteiger partial charge >= 0.3 is 0 Å². The van der Waals surface area contributed by atoms with Gasteiger partial charge in [-0.25, -0.2) is 0 Å². The molecule has 1 fully saturated rings. The van der Waals surface area contributed by atoms with Crippen LogP contribution in [0.3, 0.4) is 0 Å². The van der Waals surface area contributed by atoms with Crippen LogP contribution in [-0.4, -0.2) is 36.0 Å². The lowest BCUT2D eigenvalue weighted by Crippen LogP contribution is -2.36. The highest BCUT2D eigenvalue weighted by molar-refractivity contribution is 5.97. The van der Waals surface area contributed by atoms with Crippen molar-refractivity contribution in [3.63, 3.8) is 0 Å². The number of methoxy groups -OCH3 is 1. The largest absolute Gasteiger partial charge is 0.497 e. The van der Waals surface area contributed by atoms with E-state index in [1.165, 1.54) is 12.6 Å². The maximum Gasteiger partial charge on any atom is 0.259 e. The first-order chi connectivity index (χ1) is 11.2.